The third-order valence-corrected chi connectivity index (χ3v) is 4.63. The summed E-state index contributed by atoms with van der Waals surface area (Å²) in [5.74, 6) is -0.00788. The van der Waals surface area contributed by atoms with E-state index in [1.807, 2.05) is 51.2 Å². The number of rotatable bonds is 4. The number of carbonyl (C=O) groups excluding carboxylic acids is 1. The number of H-pyrrole nitrogens is 2. The normalized spacial score (nSPS) is 11.2. The third-order valence-electron chi connectivity index (χ3n) is 4.63. The summed E-state index contributed by atoms with van der Waals surface area (Å²) in [7, 11) is 0. The number of aromatic amines is 2. The molecule has 0 unspecified atom stereocenters. The Kier molecular flexibility index (Phi) is 3.88. The van der Waals surface area contributed by atoms with Crippen LogP contribution in [0.2, 0.25) is 0 Å². The first kappa shape index (κ1) is 16.2. The summed E-state index contributed by atoms with van der Waals surface area (Å²) < 4.78 is 0. The Labute approximate surface area is 150 Å². The van der Waals surface area contributed by atoms with E-state index in [0.29, 0.717) is 5.69 Å². The minimum absolute atomic E-state index is 0.00788. The zero-order valence-electron chi connectivity index (χ0n) is 14.9. The van der Waals surface area contributed by atoms with Gasteiger partial charge in [-0.25, -0.2) is 4.98 Å². The van der Waals surface area contributed by atoms with Gasteiger partial charge in [0.05, 0.1) is 0 Å². The predicted molar refractivity (Wildman–Crippen MR) is 100 cm³/mol. The number of Topliss-reactive ketones (excluding diaryl/α,β-unsaturated/α-hetero) is 1. The monoisotopic (exact) mass is 345 g/mol. The molecule has 0 aliphatic rings. The zero-order chi connectivity index (χ0) is 18.3. The lowest BCUT2D eigenvalue weighted by molar-refractivity contribution is 0.0987. The Hall–Kier alpha value is -3.28. The van der Waals surface area contributed by atoms with E-state index in [-0.39, 0.29) is 12.2 Å². The fourth-order valence-electron chi connectivity index (χ4n) is 2.97. The maximum Gasteiger partial charge on any atom is 0.187 e. The van der Waals surface area contributed by atoms with Crippen molar-refractivity contribution in [2.45, 2.75) is 27.2 Å². The Morgan fingerprint density at radius 2 is 1.92 bits per heavy atom. The van der Waals surface area contributed by atoms with Crippen molar-refractivity contribution in [1.29, 1.82) is 0 Å². The summed E-state index contributed by atoms with van der Waals surface area (Å²) in [6.07, 6.45) is 3.86. The highest BCUT2D eigenvalue weighted by molar-refractivity contribution is 5.97. The van der Waals surface area contributed by atoms with Gasteiger partial charge >= 0.3 is 0 Å². The molecule has 6 heteroatoms. The Bertz CT molecular complexity index is 1110. The molecule has 0 aliphatic carbocycles. The summed E-state index contributed by atoms with van der Waals surface area (Å²) in [5, 5.41) is 7.95. The van der Waals surface area contributed by atoms with Gasteiger partial charge in [-0.3, -0.25) is 14.9 Å². The molecule has 0 aliphatic heterocycles. The van der Waals surface area contributed by atoms with Crippen LogP contribution in [-0.4, -0.2) is 30.9 Å². The van der Waals surface area contributed by atoms with Crippen molar-refractivity contribution in [3.63, 3.8) is 0 Å². The van der Waals surface area contributed by atoms with Crippen molar-refractivity contribution in [3.05, 3.63) is 64.9 Å². The molecule has 0 saturated heterocycles. The molecule has 4 heterocycles. The topological polar surface area (TPSA) is 87.3 Å². The third kappa shape index (κ3) is 2.90. The summed E-state index contributed by atoms with van der Waals surface area (Å²) in [5.41, 5.74) is 6.94. The van der Waals surface area contributed by atoms with E-state index in [1.165, 1.54) is 0 Å². The van der Waals surface area contributed by atoms with Crippen LogP contribution >= 0.6 is 0 Å². The van der Waals surface area contributed by atoms with Crippen LogP contribution in [0, 0.1) is 20.8 Å². The standard InChI is InChI=1S/C20H19N5O/c1-11-4-5-15(10-21-11)17-8-16-6-14(9-22-20(16)23-17)7-18(26)19-12(2)13(3)24-25-19/h4-6,8-10H,7H2,1-3H3,(H,22,23)(H,24,25). The van der Waals surface area contributed by atoms with E-state index in [1.54, 1.807) is 6.20 Å². The van der Waals surface area contributed by atoms with Crippen LogP contribution < -0.4 is 0 Å². The van der Waals surface area contributed by atoms with Crippen LogP contribution in [0.3, 0.4) is 0 Å². The van der Waals surface area contributed by atoms with Gasteiger partial charge < -0.3 is 4.98 Å². The molecule has 26 heavy (non-hydrogen) atoms. The molecular weight excluding hydrogens is 326 g/mol. The number of aromatic nitrogens is 5. The molecule has 130 valence electrons. The molecule has 4 aromatic rings. The summed E-state index contributed by atoms with van der Waals surface area (Å²) in [4.78, 5) is 24.6. The lowest BCUT2D eigenvalue weighted by Crippen LogP contribution is -2.06. The Morgan fingerprint density at radius 1 is 1.08 bits per heavy atom. The van der Waals surface area contributed by atoms with Crippen LogP contribution in [0.5, 0.6) is 0 Å². The van der Waals surface area contributed by atoms with Gasteiger partial charge in [0.25, 0.3) is 0 Å². The molecule has 2 N–H and O–H groups in total. The zero-order valence-corrected chi connectivity index (χ0v) is 14.9. The number of hydrogen-bond donors (Lipinski definition) is 2. The number of nitrogens with zero attached hydrogens (tertiary/aromatic N) is 3. The number of pyridine rings is 2. The highest BCUT2D eigenvalue weighted by atomic mass is 16.1. The molecule has 0 spiro atoms. The number of hydrogen-bond acceptors (Lipinski definition) is 4. The lowest BCUT2D eigenvalue weighted by Gasteiger charge is -2.00. The lowest BCUT2D eigenvalue weighted by atomic mass is 10.0. The Balaban J connectivity index is 1.62. The van der Waals surface area contributed by atoms with Crippen LogP contribution in [-0.2, 0) is 6.42 Å². The van der Waals surface area contributed by atoms with Crippen LogP contribution in [0.1, 0.15) is 33.0 Å². The van der Waals surface area contributed by atoms with Crippen molar-refractivity contribution >= 4 is 16.8 Å². The largest absolute Gasteiger partial charge is 0.339 e. The van der Waals surface area contributed by atoms with Gasteiger partial charge in [0.1, 0.15) is 11.3 Å². The van der Waals surface area contributed by atoms with Gasteiger partial charge in [0.2, 0.25) is 0 Å². The van der Waals surface area contributed by atoms with E-state index in [9.17, 15) is 4.79 Å². The van der Waals surface area contributed by atoms with Gasteiger partial charge in [-0.2, -0.15) is 5.10 Å². The molecule has 0 aromatic carbocycles. The van der Waals surface area contributed by atoms with Crippen LogP contribution in [0.4, 0.5) is 0 Å². The van der Waals surface area contributed by atoms with Gasteiger partial charge in [-0.1, -0.05) is 0 Å². The average Bonchev–Trinajstić information content (AvgIpc) is 3.19. The second kappa shape index (κ2) is 6.22. The molecule has 0 amide bonds. The van der Waals surface area contributed by atoms with Crippen molar-refractivity contribution in [2.75, 3.05) is 0 Å². The predicted octanol–water partition coefficient (Wildman–Crippen LogP) is 3.70. The molecular formula is C20H19N5O. The van der Waals surface area contributed by atoms with Crippen molar-refractivity contribution in [1.82, 2.24) is 25.1 Å². The van der Waals surface area contributed by atoms with Gasteiger partial charge in [0.15, 0.2) is 5.78 Å². The molecule has 0 saturated carbocycles. The van der Waals surface area contributed by atoms with E-state index >= 15 is 0 Å². The molecule has 0 radical (unpaired) electrons. The first-order chi connectivity index (χ1) is 12.5. The van der Waals surface area contributed by atoms with E-state index < -0.39 is 0 Å². The van der Waals surface area contributed by atoms with Crippen molar-refractivity contribution in [2.24, 2.45) is 0 Å². The number of aryl methyl sites for hydroxylation is 2. The van der Waals surface area contributed by atoms with E-state index in [4.69, 9.17) is 0 Å². The molecule has 4 aromatic heterocycles. The second-order valence-corrected chi connectivity index (χ2v) is 6.57. The quantitative estimate of drug-likeness (QED) is 0.552. The average molecular weight is 345 g/mol. The number of carbonyl (C=O) groups is 1. The fourth-order valence-corrected chi connectivity index (χ4v) is 2.97. The first-order valence-corrected chi connectivity index (χ1v) is 8.46. The maximum atomic E-state index is 12.5. The van der Waals surface area contributed by atoms with Crippen LogP contribution in [0.25, 0.3) is 22.3 Å². The SMILES string of the molecule is Cc1ccc(-c2cc3cc(CC(=O)c4n[nH]c(C)c4C)cnc3[nH]2)cn1. The van der Waals surface area contributed by atoms with Gasteiger partial charge in [-0.05, 0) is 50.6 Å². The molecule has 0 fully saturated rings. The number of ketones is 1. The molecule has 0 bridgehead atoms. The van der Waals surface area contributed by atoms with Gasteiger partial charge in [-0.15, -0.1) is 0 Å². The highest BCUT2D eigenvalue weighted by Gasteiger charge is 2.15. The summed E-state index contributed by atoms with van der Waals surface area (Å²) in [6.45, 7) is 5.78. The van der Waals surface area contributed by atoms with E-state index in [2.05, 4.69) is 25.1 Å². The molecule has 6 nitrogen and oxygen atoms in total. The van der Waals surface area contributed by atoms with Crippen molar-refractivity contribution in [3.8, 4) is 11.3 Å². The highest BCUT2D eigenvalue weighted by Crippen LogP contribution is 2.24. The second-order valence-electron chi connectivity index (χ2n) is 6.57. The summed E-state index contributed by atoms with van der Waals surface area (Å²) >= 11 is 0. The minimum Gasteiger partial charge on any atom is -0.339 e. The smallest absolute Gasteiger partial charge is 0.187 e. The number of nitrogens with one attached hydrogen (secondary N) is 2. The molecule has 0 atom stereocenters. The van der Waals surface area contributed by atoms with Crippen LogP contribution in [0.15, 0.2) is 36.7 Å². The van der Waals surface area contributed by atoms with E-state index in [0.717, 1.165) is 44.8 Å². The number of fused-ring (bicyclic) bond motifs is 1. The minimum atomic E-state index is -0.00788. The maximum absolute atomic E-state index is 12.5. The summed E-state index contributed by atoms with van der Waals surface area (Å²) in [6, 6.07) is 8.04. The first-order valence-electron chi connectivity index (χ1n) is 8.46. The molecule has 4 rings (SSSR count). The van der Waals surface area contributed by atoms with Crippen molar-refractivity contribution < 1.29 is 4.79 Å². The Morgan fingerprint density at radius 3 is 2.62 bits per heavy atom. The fraction of sp³-hybridized carbons (Fsp3) is 0.200. The van der Waals surface area contributed by atoms with Gasteiger partial charge in [0, 0.05) is 52.4 Å².